The molecule has 1 saturated heterocycles. The summed E-state index contributed by atoms with van der Waals surface area (Å²) in [4.78, 5) is 40.6. The molecule has 1 aliphatic heterocycles. The van der Waals surface area contributed by atoms with E-state index in [1.54, 1.807) is 0 Å². The van der Waals surface area contributed by atoms with Gasteiger partial charge in [-0.3, -0.25) is 9.59 Å². The van der Waals surface area contributed by atoms with Crippen LogP contribution in [-0.2, 0) is 24.0 Å². The molecule has 4 aliphatic carbocycles. The van der Waals surface area contributed by atoms with Crippen LogP contribution in [0.5, 0.6) is 0 Å². The number of hydrogen-bond donors (Lipinski definition) is 1. The Hall–Kier alpha value is -1.73. The largest absolute Gasteiger partial charge is 0.393 e. The zero-order valence-corrected chi connectivity index (χ0v) is 28.2. The molecule has 0 aromatic rings. The summed E-state index contributed by atoms with van der Waals surface area (Å²) >= 11 is 0. The number of rotatable bonds is 13. The molecule has 0 aromatic heterocycles. The third-order valence-electron chi connectivity index (χ3n) is 12.8. The first kappa shape index (κ1) is 33.6. The van der Waals surface area contributed by atoms with Gasteiger partial charge in [-0.25, -0.2) is 4.79 Å². The SMILES string of the molecule is CC(C)CCC[C@@H](C)[C@H]1CC[C@H]2[C@@H]3[C@H](OCCCCCC(=O)ON4C(=O)CCC4=O)C=C4C[C@@H](O)CC[C@]4(C)[C@H]3CC[C@]12C. The maximum atomic E-state index is 12.2. The van der Waals surface area contributed by atoms with E-state index in [1.807, 2.05) is 0 Å². The first-order valence-electron chi connectivity index (χ1n) is 18.0. The minimum absolute atomic E-state index is 0.0881. The van der Waals surface area contributed by atoms with E-state index < -0.39 is 17.8 Å². The van der Waals surface area contributed by atoms with Crippen molar-refractivity contribution in [3.05, 3.63) is 11.6 Å². The van der Waals surface area contributed by atoms with E-state index in [2.05, 4.69) is 40.7 Å². The predicted molar refractivity (Wildman–Crippen MR) is 170 cm³/mol. The van der Waals surface area contributed by atoms with E-state index in [9.17, 15) is 19.5 Å². The lowest BCUT2D eigenvalue weighted by Gasteiger charge is -2.60. The van der Waals surface area contributed by atoms with Crippen LogP contribution in [0.4, 0.5) is 0 Å². The average molecular weight is 614 g/mol. The Morgan fingerprint density at radius 3 is 2.43 bits per heavy atom. The van der Waals surface area contributed by atoms with E-state index in [0.717, 1.165) is 49.9 Å². The molecular formula is C37H59NO6. The quantitative estimate of drug-likeness (QED) is 0.131. The summed E-state index contributed by atoms with van der Waals surface area (Å²) < 4.78 is 6.79. The van der Waals surface area contributed by atoms with Crippen molar-refractivity contribution in [1.82, 2.24) is 5.06 Å². The number of ether oxygens (including phenoxy) is 1. The van der Waals surface area contributed by atoms with Crippen LogP contribution in [-0.4, -0.2) is 46.8 Å². The van der Waals surface area contributed by atoms with Crippen molar-refractivity contribution in [2.75, 3.05) is 6.61 Å². The van der Waals surface area contributed by atoms with Gasteiger partial charge in [-0.15, -0.1) is 5.06 Å². The highest BCUT2D eigenvalue weighted by atomic mass is 16.7. The highest BCUT2D eigenvalue weighted by Gasteiger charge is 2.61. The number of fused-ring (bicyclic) bond motifs is 5. The van der Waals surface area contributed by atoms with E-state index in [0.29, 0.717) is 41.3 Å². The van der Waals surface area contributed by atoms with E-state index in [1.165, 1.54) is 50.5 Å². The van der Waals surface area contributed by atoms with Crippen LogP contribution in [0, 0.1) is 46.3 Å². The fourth-order valence-electron chi connectivity index (χ4n) is 10.4. The van der Waals surface area contributed by atoms with Crippen LogP contribution in [0.3, 0.4) is 0 Å². The monoisotopic (exact) mass is 613 g/mol. The van der Waals surface area contributed by atoms with Crippen LogP contribution >= 0.6 is 0 Å². The summed E-state index contributed by atoms with van der Waals surface area (Å²) in [6.45, 7) is 13.0. The van der Waals surface area contributed by atoms with Gasteiger partial charge >= 0.3 is 5.97 Å². The first-order valence-corrected chi connectivity index (χ1v) is 18.0. The van der Waals surface area contributed by atoms with Gasteiger partial charge in [-0.05, 0) is 104 Å². The number of aliphatic hydroxyl groups is 1. The van der Waals surface area contributed by atoms with Gasteiger partial charge in [0.15, 0.2) is 0 Å². The smallest absolute Gasteiger partial charge is 0.333 e. The lowest BCUT2D eigenvalue weighted by molar-refractivity contribution is -0.197. The topological polar surface area (TPSA) is 93.1 Å². The molecular weight excluding hydrogens is 554 g/mol. The Labute approximate surface area is 265 Å². The molecule has 0 spiro atoms. The van der Waals surface area contributed by atoms with Crippen molar-refractivity contribution >= 4 is 17.8 Å². The molecule has 0 aromatic carbocycles. The summed E-state index contributed by atoms with van der Waals surface area (Å²) in [6.07, 6.45) is 17.0. The van der Waals surface area contributed by atoms with E-state index in [4.69, 9.17) is 9.57 Å². The van der Waals surface area contributed by atoms with Gasteiger partial charge in [-0.2, -0.15) is 0 Å². The molecule has 0 unspecified atom stereocenters. The molecule has 7 heteroatoms. The molecule has 7 nitrogen and oxygen atoms in total. The van der Waals surface area contributed by atoms with Gasteiger partial charge in [0.25, 0.3) is 11.8 Å². The number of imide groups is 1. The Morgan fingerprint density at radius 1 is 0.955 bits per heavy atom. The van der Waals surface area contributed by atoms with Crippen LogP contribution < -0.4 is 0 Å². The highest BCUT2D eigenvalue weighted by Crippen LogP contribution is 2.67. The summed E-state index contributed by atoms with van der Waals surface area (Å²) in [5.74, 6) is 2.74. The van der Waals surface area contributed by atoms with Crippen molar-refractivity contribution in [3.8, 4) is 0 Å². The molecule has 4 fully saturated rings. The van der Waals surface area contributed by atoms with E-state index in [-0.39, 0.29) is 36.9 Å². The molecule has 44 heavy (non-hydrogen) atoms. The molecule has 5 aliphatic rings. The number of carbonyl (C=O) groups is 3. The fraction of sp³-hybridized carbons (Fsp3) is 0.865. The fourth-order valence-corrected chi connectivity index (χ4v) is 10.4. The summed E-state index contributed by atoms with van der Waals surface area (Å²) in [5.41, 5.74) is 1.97. The van der Waals surface area contributed by atoms with Crippen molar-refractivity contribution in [2.24, 2.45) is 46.3 Å². The van der Waals surface area contributed by atoms with Gasteiger partial charge in [0.05, 0.1) is 12.2 Å². The lowest BCUT2D eigenvalue weighted by Crippen LogP contribution is -2.55. The number of unbranched alkanes of at least 4 members (excludes halogenated alkanes) is 2. The normalized spacial score (nSPS) is 37.4. The zero-order chi connectivity index (χ0) is 31.6. The Bertz CT molecular complexity index is 1070. The maximum absolute atomic E-state index is 12.2. The molecule has 1 heterocycles. The number of hydrogen-bond acceptors (Lipinski definition) is 6. The number of nitrogens with zero attached hydrogens (tertiary/aromatic N) is 1. The van der Waals surface area contributed by atoms with Crippen LogP contribution in [0.15, 0.2) is 11.6 Å². The second kappa shape index (κ2) is 13.9. The number of hydroxylamine groups is 2. The Kier molecular flexibility index (Phi) is 10.7. The minimum atomic E-state index is -0.528. The first-order chi connectivity index (χ1) is 20.9. The molecule has 2 amide bonds. The number of carbonyl (C=O) groups excluding carboxylic acids is 3. The van der Waals surface area contributed by atoms with Gasteiger partial charge in [0.1, 0.15) is 0 Å². The van der Waals surface area contributed by atoms with Crippen molar-refractivity contribution in [2.45, 2.75) is 150 Å². The summed E-state index contributed by atoms with van der Waals surface area (Å²) in [5, 5.41) is 11.2. The second-order valence-electron chi connectivity index (χ2n) is 16.0. The van der Waals surface area contributed by atoms with Crippen molar-refractivity contribution in [1.29, 1.82) is 0 Å². The van der Waals surface area contributed by atoms with Gasteiger partial charge in [0.2, 0.25) is 0 Å². The number of amides is 2. The summed E-state index contributed by atoms with van der Waals surface area (Å²) in [6, 6.07) is 0. The standard InChI is InChI=1S/C37H59NO6/c1-24(2)10-9-11-25(3)28-13-14-29-35-30(18-20-37(28,29)5)36(4)19-17-27(39)22-26(36)23-31(35)43-21-8-6-7-12-34(42)44-38-32(40)15-16-33(38)41/h23-25,27-31,35,39H,6-22H2,1-5H3/t25-,27+,28-,29+,30+,31-,35+,36+,37-/m1/s1. The van der Waals surface area contributed by atoms with Crippen molar-refractivity contribution in [3.63, 3.8) is 0 Å². The Balaban J connectivity index is 1.21. The van der Waals surface area contributed by atoms with Crippen LogP contribution in [0.25, 0.3) is 0 Å². The van der Waals surface area contributed by atoms with Crippen molar-refractivity contribution < 1.29 is 29.1 Å². The third kappa shape index (κ3) is 6.84. The van der Waals surface area contributed by atoms with Gasteiger partial charge < -0.3 is 14.7 Å². The molecule has 3 saturated carbocycles. The van der Waals surface area contributed by atoms with E-state index >= 15 is 0 Å². The second-order valence-corrected chi connectivity index (χ2v) is 16.0. The Morgan fingerprint density at radius 2 is 1.70 bits per heavy atom. The van der Waals surface area contributed by atoms with Crippen LogP contribution in [0.2, 0.25) is 0 Å². The molecule has 0 bridgehead atoms. The number of aliphatic hydroxyl groups excluding tert-OH is 1. The average Bonchev–Trinajstić information content (AvgIpc) is 3.49. The lowest BCUT2D eigenvalue weighted by atomic mass is 9.46. The minimum Gasteiger partial charge on any atom is -0.393 e. The van der Waals surface area contributed by atoms with Crippen LogP contribution in [0.1, 0.15) is 137 Å². The molecule has 1 N–H and O–H groups in total. The third-order valence-corrected chi connectivity index (χ3v) is 12.8. The van der Waals surface area contributed by atoms with Gasteiger partial charge in [0, 0.05) is 25.9 Å². The summed E-state index contributed by atoms with van der Waals surface area (Å²) in [7, 11) is 0. The molecule has 9 atom stereocenters. The zero-order valence-electron chi connectivity index (χ0n) is 28.2. The highest BCUT2D eigenvalue weighted by molar-refractivity contribution is 6.01. The van der Waals surface area contributed by atoms with Gasteiger partial charge in [-0.1, -0.05) is 72.0 Å². The maximum Gasteiger partial charge on any atom is 0.333 e. The molecule has 248 valence electrons. The predicted octanol–water partition coefficient (Wildman–Crippen LogP) is 7.55. The molecule has 0 radical (unpaired) electrons. The molecule has 5 rings (SSSR count).